The van der Waals surface area contributed by atoms with Gasteiger partial charge in [0.2, 0.25) is 0 Å². The van der Waals surface area contributed by atoms with E-state index in [4.69, 9.17) is 9.47 Å². The highest BCUT2D eigenvalue weighted by Crippen LogP contribution is 2.23. The number of hydrogen-bond donors (Lipinski definition) is 1. The Morgan fingerprint density at radius 2 is 2.65 bits per heavy atom. The first-order chi connectivity index (χ1) is 8.31. The van der Waals surface area contributed by atoms with Gasteiger partial charge in [0, 0.05) is 6.61 Å². The van der Waals surface area contributed by atoms with E-state index in [0.717, 1.165) is 24.4 Å². The highest BCUT2D eigenvalue weighted by Gasteiger charge is 2.20. The highest BCUT2D eigenvalue weighted by molar-refractivity contribution is 7.14. The third kappa shape index (κ3) is 3.17. The Morgan fingerprint density at radius 1 is 1.76 bits per heavy atom. The van der Waals surface area contributed by atoms with Crippen LogP contribution in [0.25, 0.3) is 0 Å². The molecule has 0 saturated carbocycles. The summed E-state index contributed by atoms with van der Waals surface area (Å²) < 4.78 is 10.3. The fourth-order valence-electron chi connectivity index (χ4n) is 1.73. The number of rotatable bonds is 4. The smallest absolute Gasteiger partial charge is 0.360 e. The Kier molecular flexibility index (Phi) is 4.33. The standard InChI is InChI=1S/C11H16N2O3S/c1-2-16-11(14)9-10(17-7-12-9)13-8-4-3-5-15-6-8/h7-8,13H,2-6H2,1H3. The van der Waals surface area contributed by atoms with Gasteiger partial charge in [-0.05, 0) is 19.8 Å². The summed E-state index contributed by atoms with van der Waals surface area (Å²) in [6, 6.07) is 0.261. The second-order valence-corrected chi connectivity index (χ2v) is 4.66. The van der Waals surface area contributed by atoms with Crippen LogP contribution >= 0.6 is 11.3 Å². The SMILES string of the molecule is CCOC(=O)c1ncsc1NC1CCCOC1. The van der Waals surface area contributed by atoms with Gasteiger partial charge in [-0.1, -0.05) is 0 Å². The number of anilines is 1. The van der Waals surface area contributed by atoms with Gasteiger partial charge in [0.25, 0.3) is 0 Å². The lowest BCUT2D eigenvalue weighted by Crippen LogP contribution is -2.30. The molecule has 94 valence electrons. The molecule has 1 unspecified atom stereocenters. The maximum absolute atomic E-state index is 11.6. The number of thiazole rings is 1. The third-order valence-electron chi connectivity index (χ3n) is 2.53. The second kappa shape index (κ2) is 5.97. The molecular weight excluding hydrogens is 240 g/mol. The first-order valence-electron chi connectivity index (χ1n) is 5.76. The molecule has 0 radical (unpaired) electrons. The van der Waals surface area contributed by atoms with Gasteiger partial charge in [-0.2, -0.15) is 0 Å². The van der Waals surface area contributed by atoms with Gasteiger partial charge in [-0.15, -0.1) is 11.3 Å². The van der Waals surface area contributed by atoms with Gasteiger partial charge in [-0.3, -0.25) is 0 Å². The summed E-state index contributed by atoms with van der Waals surface area (Å²) in [7, 11) is 0. The van der Waals surface area contributed by atoms with E-state index in [0.29, 0.717) is 18.9 Å². The van der Waals surface area contributed by atoms with Crippen LogP contribution in [-0.4, -0.2) is 36.8 Å². The number of carbonyl (C=O) groups is 1. The van der Waals surface area contributed by atoms with Crippen molar-refractivity contribution >= 4 is 22.3 Å². The number of esters is 1. The second-order valence-electron chi connectivity index (χ2n) is 3.81. The molecule has 0 aromatic carbocycles. The molecule has 17 heavy (non-hydrogen) atoms. The molecule has 1 aromatic heterocycles. The Hall–Kier alpha value is -1.14. The predicted molar refractivity (Wildman–Crippen MR) is 65.5 cm³/mol. The van der Waals surface area contributed by atoms with Crippen molar-refractivity contribution in [3.8, 4) is 0 Å². The zero-order valence-corrected chi connectivity index (χ0v) is 10.6. The van der Waals surface area contributed by atoms with Crippen LogP contribution in [0.2, 0.25) is 0 Å². The lowest BCUT2D eigenvalue weighted by atomic mass is 10.1. The largest absolute Gasteiger partial charge is 0.461 e. The van der Waals surface area contributed by atoms with Crippen molar-refractivity contribution in [2.24, 2.45) is 0 Å². The van der Waals surface area contributed by atoms with E-state index in [1.807, 2.05) is 0 Å². The molecule has 1 aliphatic rings. The summed E-state index contributed by atoms with van der Waals surface area (Å²) in [4.78, 5) is 15.7. The molecule has 1 N–H and O–H groups in total. The van der Waals surface area contributed by atoms with E-state index in [1.54, 1.807) is 12.4 Å². The van der Waals surface area contributed by atoms with Crippen LogP contribution in [0.15, 0.2) is 5.51 Å². The number of nitrogens with one attached hydrogen (secondary N) is 1. The molecule has 1 fully saturated rings. The minimum Gasteiger partial charge on any atom is -0.461 e. The lowest BCUT2D eigenvalue weighted by Gasteiger charge is -2.23. The Morgan fingerprint density at radius 3 is 3.35 bits per heavy atom. The summed E-state index contributed by atoms with van der Waals surface area (Å²) in [6.45, 7) is 3.65. The topological polar surface area (TPSA) is 60.5 Å². The average molecular weight is 256 g/mol. The maximum Gasteiger partial charge on any atom is 0.360 e. The van der Waals surface area contributed by atoms with Gasteiger partial charge in [0.1, 0.15) is 5.00 Å². The summed E-state index contributed by atoms with van der Waals surface area (Å²) in [5, 5.41) is 4.08. The summed E-state index contributed by atoms with van der Waals surface area (Å²) in [5.41, 5.74) is 2.03. The number of hydrogen-bond acceptors (Lipinski definition) is 6. The molecule has 0 aliphatic carbocycles. The van der Waals surface area contributed by atoms with Crippen LogP contribution < -0.4 is 5.32 Å². The van der Waals surface area contributed by atoms with Gasteiger partial charge in [0.05, 0.1) is 24.8 Å². The van der Waals surface area contributed by atoms with Crippen molar-refractivity contribution in [3.63, 3.8) is 0 Å². The first-order valence-corrected chi connectivity index (χ1v) is 6.64. The zero-order valence-electron chi connectivity index (χ0n) is 9.77. The molecular formula is C11H16N2O3S. The minimum atomic E-state index is -0.368. The molecule has 2 heterocycles. The zero-order chi connectivity index (χ0) is 12.1. The molecule has 2 rings (SSSR count). The molecule has 0 bridgehead atoms. The third-order valence-corrected chi connectivity index (χ3v) is 3.29. The highest BCUT2D eigenvalue weighted by atomic mass is 32.1. The first kappa shape index (κ1) is 12.3. The molecule has 5 nitrogen and oxygen atoms in total. The van der Waals surface area contributed by atoms with E-state index < -0.39 is 0 Å². The summed E-state index contributed by atoms with van der Waals surface area (Å²) in [5.74, 6) is -0.368. The maximum atomic E-state index is 11.6. The van der Waals surface area contributed by atoms with Crippen molar-refractivity contribution in [3.05, 3.63) is 11.2 Å². The number of nitrogens with zero attached hydrogens (tertiary/aromatic N) is 1. The fraction of sp³-hybridized carbons (Fsp3) is 0.636. The number of carbonyl (C=O) groups excluding carboxylic acids is 1. The van der Waals surface area contributed by atoms with E-state index in [9.17, 15) is 4.79 Å². The summed E-state index contributed by atoms with van der Waals surface area (Å²) >= 11 is 1.42. The summed E-state index contributed by atoms with van der Waals surface area (Å²) in [6.07, 6.45) is 2.10. The van der Waals surface area contributed by atoms with E-state index in [1.165, 1.54) is 11.3 Å². The van der Waals surface area contributed by atoms with Crippen LogP contribution in [-0.2, 0) is 9.47 Å². The quantitative estimate of drug-likeness (QED) is 0.834. The van der Waals surface area contributed by atoms with Crippen LogP contribution in [0, 0.1) is 0 Å². The van der Waals surface area contributed by atoms with Crippen molar-refractivity contribution < 1.29 is 14.3 Å². The van der Waals surface area contributed by atoms with Crippen molar-refractivity contribution in [1.29, 1.82) is 0 Å². The van der Waals surface area contributed by atoms with Gasteiger partial charge < -0.3 is 14.8 Å². The average Bonchev–Trinajstić information content (AvgIpc) is 2.79. The molecule has 1 atom stereocenters. The number of aromatic nitrogens is 1. The van der Waals surface area contributed by atoms with E-state index in [2.05, 4.69) is 10.3 Å². The van der Waals surface area contributed by atoms with Crippen LogP contribution in [0.1, 0.15) is 30.3 Å². The van der Waals surface area contributed by atoms with E-state index >= 15 is 0 Å². The number of ether oxygens (including phenoxy) is 2. The molecule has 1 aliphatic heterocycles. The van der Waals surface area contributed by atoms with Gasteiger partial charge in [-0.25, -0.2) is 9.78 Å². The normalized spacial score (nSPS) is 19.9. The van der Waals surface area contributed by atoms with Gasteiger partial charge >= 0.3 is 5.97 Å². The minimum absolute atomic E-state index is 0.261. The molecule has 1 aromatic rings. The van der Waals surface area contributed by atoms with Gasteiger partial charge in [0.15, 0.2) is 5.69 Å². The molecule has 1 saturated heterocycles. The van der Waals surface area contributed by atoms with Crippen molar-refractivity contribution in [1.82, 2.24) is 4.98 Å². The van der Waals surface area contributed by atoms with Crippen LogP contribution in [0.3, 0.4) is 0 Å². The van der Waals surface area contributed by atoms with Crippen LogP contribution in [0.4, 0.5) is 5.00 Å². The van der Waals surface area contributed by atoms with E-state index in [-0.39, 0.29) is 12.0 Å². The van der Waals surface area contributed by atoms with Crippen molar-refractivity contribution in [2.45, 2.75) is 25.8 Å². The Labute approximate surface area is 104 Å². The molecule has 0 spiro atoms. The van der Waals surface area contributed by atoms with Crippen molar-refractivity contribution in [2.75, 3.05) is 25.1 Å². The Balaban J connectivity index is 2.00. The molecule has 0 amide bonds. The molecule has 6 heteroatoms. The monoisotopic (exact) mass is 256 g/mol. The van der Waals surface area contributed by atoms with Crippen LogP contribution in [0.5, 0.6) is 0 Å². The fourth-order valence-corrected chi connectivity index (χ4v) is 2.48. The Bertz CT molecular complexity index is 375. The predicted octanol–water partition coefficient (Wildman–Crippen LogP) is 1.91. The lowest BCUT2D eigenvalue weighted by molar-refractivity contribution is 0.0521.